The number of aromatic nitrogens is 1. The number of hydrogen-bond acceptors (Lipinski definition) is 0. The molecule has 144 valence electrons. The van der Waals surface area contributed by atoms with E-state index in [1.165, 1.54) is 66.8 Å². The van der Waals surface area contributed by atoms with Gasteiger partial charge in [-0.2, -0.15) is 0 Å². The molecule has 0 radical (unpaired) electrons. The number of allylic oxidation sites excluding steroid dienone is 5. The molecular weight excluding hydrogens is 374 g/mol. The van der Waals surface area contributed by atoms with Crippen molar-refractivity contribution in [2.24, 2.45) is 0 Å². The van der Waals surface area contributed by atoms with Gasteiger partial charge in [-0.1, -0.05) is 66.2 Å². The van der Waals surface area contributed by atoms with Gasteiger partial charge >= 0.3 is 0 Å². The van der Waals surface area contributed by atoms with Crippen molar-refractivity contribution < 1.29 is 0 Å². The van der Waals surface area contributed by atoms with Crippen LogP contribution < -0.4 is 0 Å². The molecule has 2 heterocycles. The zero-order chi connectivity index (χ0) is 20.3. The summed E-state index contributed by atoms with van der Waals surface area (Å²) in [4.78, 5) is 0. The van der Waals surface area contributed by atoms with Gasteiger partial charge in [-0.15, -0.1) is 5.73 Å². The Kier molecular flexibility index (Phi) is 2.62. The highest BCUT2D eigenvalue weighted by Crippen LogP contribution is 2.64. The molecule has 3 aliphatic carbocycles. The highest BCUT2D eigenvalue weighted by Gasteiger charge is 2.54. The summed E-state index contributed by atoms with van der Waals surface area (Å²) >= 11 is 0. The first-order chi connectivity index (χ1) is 15.3. The molecule has 4 aliphatic rings. The van der Waals surface area contributed by atoms with E-state index in [1.54, 1.807) is 0 Å². The molecule has 0 saturated heterocycles. The third-order valence-corrected chi connectivity index (χ3v) is 7.72. The average Bonchev–Trinajstić information content (AvgIpc) is 3.55. The lowest BCUT2D eigenvalue weighted by Crippen LogP contribution is -2.34. The second-order valence-corrected chi connectivity index (χ2v) is 9.10. The zero-order valence-corrected chi connectivity index (χ0v) is 17.2. The number of fused-ring (bicyclic) bond motifs is 11. The van der Waals surface area contributed by atoms with Crippen molar-refractivity contribution in [3.63, 3.8) is 0 Å². The zero-order valence-electron chi connectivity index (χ0n) is 17.2. The van der Waals surface area contributed by atoms with Crippen molar-refractivity contribution in [3.05, 3.63) is 130 Å². The normalized spacial score (nSPS) is 21.0. The van der Waals surface area contributed by atoms with Gasteiger partial charge in [0.15, 0.2) is 0 Å². The van der Waals surface area contributed by atoms with Gasteiger partial charge in [0.25, 0.3) is 0 Å². The summed E-state index contributed by atoms with van der Waals surface area (Å²) < 4.78 is 2.52. The molecule has 0 N–H and O–H groups in total. The van der Waals surface area contributed by atoms with Crippen LogP contribution in [0.3, 0.4) is 0 Å². The summed E-state index contributed by atoms with van der Waals surface area (Å²) in [7, 11) is 0. The van der Waals surface area contributed by atoms with Crippen LogP contribution in [0, 0.1) is 6.92 Å². The van der Waals surface area contributed by atoms with Crippen LogP contribution in [0.15, 0.2) is 96.3 Å². The Morgan fingerprint density at radius 1 is 0.903 bits per heavy atom. The summed E-state index contributed by atoms with van der Waals surface area (Å²) in [6.07, 6.45) is 7.91. The number of aryl methyl sites for hydroxylation is 1. The second kappa shape index (κ2) is 5.09. The van der Waals surface area contributed by atoms with Crippen LogP contribution in [-0.4, -0.2) is 4.57 Å². The van der Waals surface area contributed by atoms with Crippen LogP contribution in [0.1, 0.15) is 33.5 Å². The SMILES string of the molecule is Cc1ccc2c(c1)C1(C3=CCc4c3n-2c2ccccc42)C2=C(C=C=C2)c2ccccc21. The molecule has 1 nitrogen and oxygen atoms in total. The van der Waals surface area contributed by atoms with E-state index in [2.05, 4.69) is 102 Å². The van der Waals surface area contributed by atoms with Gasteiger partial charge in [0.05, 0.1) is 22.3 Å². The molecule has 0 amide bonds. The fourth-order valence-electron chi connectivity index (χ4n) is 6.64. The van der Waals surface area contributed by atoms with E-state index in [4.69, 9.17) is 0 Å². The summed E-state index contributed by atoms with van der Waals surface area (Å²) in [5, 5.41) is 1.38. The van der Waals surface area contributed by atoms with Crippen molar-refractivity contribution in [1.82, 2.24) is 4.57 Å². The first kappa shape index (κ1) is 16.0. The Morgan fingerprint density at radius 3 is 2.74 bits per heavy atom. The fraction of sp³-hybridized carbons (Fsp3) is 0.100. The van der Waals surface area contributed by atoms with Crippen molar-refractivity contribution in [2.75, 3.05) is 0 Å². The Morgan fingerprint density at radius 2 is 1.77 bits per heavy atom. The number of benzene rings is 3. The lowest BCUT2D eigenvalue weighted by atomic mass is 9.64. The molecule has 1 unspecified atom stereocenters. The number of hydrogen-bond donors (Lipinski definition) is 0. The van der Waals surface area contributed by atoms with Crippen LogP contribution in [0.25, 0.3) is 27.7 Å². The molecule has 0 fully saturated rings. The van der Waals surface area contributed by atoms with Crippen molar-refractivity contribution in [1.29, 1.82) is 0 Å². The average molecular weight is 393 g/mol. The van der Waals surface area contributed by atoms with Crippen LogP contribution in [-0.2, 0) is 11.8 Å². The minimum atomic E-state index is -0.261. The molecular formula is C30H19N. The molecule has 0 bridgehead atoms. The summed E-state index contributed by atoms with van der Waals surface area (Å²) in [6.45, 7) is 2.21. The van der Waals surface area contributed by atoms with E-state index in [0.29, 0.717) is 0 Å². The molecule has 1 spiro atoms. The summed E-state index contributed by atoms with van der Waals surface area (Å²) in [5.41, 5.74) is 18.3. The quantitative estimate of drug-likeness (QED) is 0.294. The second-order valence-electron chi connectivity index (χ2n) is 9.10. The molecule has 8 rings (SSSR count). The molecule has 1 aromatic heterocycles. The monoisotopic (exact) mass is 393 g/mol. The lowest BCUT2D eigenvalue weighted by molar-refractivity contribution is 0.774. The molecule has 0 saturated carbocycles. The first-order valence-electron chi connectivity index (χ1n) is 11.0. The van der Waals surface area contributed by atoms with Gasteiger partial charge in [-0.25, -0.2) is 0 Å². The largest absolute Gasteiger partial charge is 0.309 e. The Labute approximate surface area is 181 Å². The summed E-state index contributed by atoms with van der Waals surface area (Å²) in [5.74, 6) is 0. The number of rotatable bonds is 0. The minimum absolute atomic E-state index is 0.261. The van der Waals surface area contributed by atoms with Crippen LogP contribution in [0.4, 0.5) is 0 Å². The molecule has 4 aromatic rings. The third-order valence-electron chi connectivity index (χ3n) is 7.72. The minimum Gasteiger partial charge on any atom is -0.309 e. The molecule has 1 aliphatic heterocycles. The Hall–Kier alpha value is -3.80. The number of para-hydroxylation sites is 1. The summed E-state index contributed by atoms with van der Waals surface area (Å²) in [6, 6.07) is 24.9. The van der Waals surface area contributed by atoms with Gasteiger partial charge in [0.1, 0.15) is 0 Å². The van der Waals surface area contributed by atoms with Gasteiger partial charge < -0.3 is 4.57 Å². The highest BCUT2D eigenvalue weighted by molar-refractivity contribution is 6.06. The van der Waals surface area contributed by atoms with Crippen molar-refractivity contribution in [2.45, 2.75) is 18.8 Å². The van der Waals surface area contributed by atoms with Crippen LogP contribution >= 0.6 is 0 Å². The third kappa shape index (κ3) is 1.59. The van der Waals surface area contributed by atoms with Crippen molar-refractivity contribution >= 4 is 22.0 Å². The highest BCUT2D eigenvalue weighted by atomic mass is 15.0. The molecule has 31 heavy (non-hydrogen) atoms. The van der Waals surface area contributed by atoms with E-state index < -0.39 is 0 Å². The fourth-order valence-corrected chi connectivity index (χ4v) is 6.64. The standard InChI is InChI=1S/C30H19N/c1-18-13-16-28-26(17-18)30(23-10-4-2-7-19(23)20-9-6-11-24(20)30)25-15-14-22-21-8-3-5-12-27(21)31(28)29(22)25/h2-5,7-13,15-17H,14H2,1H3. The Balaban J connectivity index is 1.63. The van der Waals surface area contributed by atoms with E-state index >= 15 is 0 Å². The van der Waals surface area contributed by atoms with Gasteiger partial charge in [0.2, 0.25) is 0 Å². The topological polar surface area (TPSA) is 4.93 Å². The maximum atomic E-state index is 3.44. The predicted octanol–water partition coefficient (Wildman–Crippen LogP) is 6.67. The smallest absolute Gasteiger partial charge is 0.0757 e. The first-order valence-corrected chi connectivity index (χ1v) is 11.0. The van der Waals surface area contributed by atoms with Gasteiger partial charge in [-0.3, -0.25) is 0 Å². The number of nitrogens with zero attached hydrogens (tertiary/aromatic N) is 1. The van der Waals surface area contributed by atoms with Crippen LogP contribution in [0.5, 0.6) is 0 Å². The lowest BCUT2D eigenvalue weighted by Gasteiger charge is -2.41. The molecule has 1 atom stereocenters. The van der Waals surface area contributed by atoms with E-state index in [1.807, 2.05) is 0 Å². The molecule has 1 heteroatoms. The maximum absolute atomic E-state index is 3.44. The molecule has 3 aromatic carbocycles. The van der Waals surface area contributed by atoms with E-state index in [9.17, 15) is 0 Å². The predicted molar refractivity (Wildman–Crippen MR) is 126 cm³/mol. The van der Waals surface area contributed by atoms with Gasteiger partial charge in [-0.05, 0) is 76.6 Å². The van der Waals surface area contributed by atoms with E-state index in [0.717, 1.165) is 6.42 Å². The van der Waals surface area contributed by atoms with Crippen molar-refractivity contribution in [3.8, 4) is 5.69 Å². The maximum Gasteiger partial charge on any atom is 0.0757 e. The van der Waals surface area contributed by atoms with Crippen LogP contribution in [0.2, 0.25) is 0 Å². The Bertz CT molecular complexity index is 1650. The van der Waals surface area contributed by atoms with Gasteiger partial charge in [0, 0.05) is 5.39 Å². The van der Waals surface area contributed by atoms with E-state index in [-0.39, 0.29) is 5.41 Å².